The van der Waals surface area contributed by atoms with Crippen molar-refractivity contribution in [1.29, 1.82) is 0 Å². The van der Waals surface area contributed by atoms with Crippen molar-refractivity contribution >= 4 is 33.6 Å². The molecule has 558 valence electrons. The third-order valence-corrected chi connectivity index (χ3v) is 16.2. The SMILES string of the molecule is CC/C=C\C/C=C\C/C=C\C/C=C\C/C=C\C/C=C\CCCCC(=O)OCC(O)COP(=O)(O)OCC(O)COP(=O)(O)OCC(COC(=O)CCCCCCC/C=C\C/C=C\C/C=C\C/C=C\C/C=C\CC)OC(=O)CCCCCCC/C=C\C/C=C\C/C=C\C/C=C\C/C=C\CC. The van der Waals surface area contributed by atoms with Crippen molar-refractivity contribution in [2.75, 3.05) is 39.6 Å². The summed E-state index contributed by atoms with van der Waals surface area (Å²) in [4.78, 5) is 58.6. The molecule has 0 aromatic heterocycles. The van der Waals surface area contributed by atoms with E-state index in [1.165, 1.54) is 0 Å². The highest BCUT2D eigenvalue weighted by Gasteiger charge is 2.29. The van der Waals surface area contributed by atoms with Gasteiger partial charge in [-0.2, -0.15) is 0 Å². The summed E-state index contributed by atoms with van der Waals surface area (Å²) in [5, 5.41) is 20.6. The molecule has 0 saturated heterocycles. The van der Waals surface area contributed by atoms with Gasteiger partial charge in [-0.1, -0.05) is 254 Å². The molecule has 5 atom stereocenters. The Morgan fingerprint density at radius 2 is 0.505 bits per heavy atom. The fraction of sp³-hybridized carbons (Fsp3) is 0.568. The van der Waals surface area contributed by atoms with Crippen LogP contribution >= 0.6 is 15.6 Å². The average molecular weight is 1420 g/mol. The summed E-state index contributed by atoms with van der Waals surface area (Å²) in [7, 11) is -9.83. The number of carbonyl (C=O) groups excluding carboxylic acids is 3. The molecule has 16 nitrogen and oxygen atoms in total. The number of ether oxygens (including phenoxy) is 3. The lowest BCUT2D eigenvalue weighted by Crippen LogP contribution is -2.30. The van der Waals surface area contributed by atoms with Crippen LogP contribution in [0.2, 0.25) is 0 Å². The number of aliphatic hydroxyl groups is 2. The largest absolute Gasteiger partial charge is 0.472 e. The highest BCUT2D eigenvalue weighted by atomic mass is 31.2. The lowest BCUT2D eigenvalue weighted by Gasteiger charge is -2.21. The Morgan fingerprint density at radius 1 is 0.283 bits per heavy atom. The molecule has 0 aromatic carbocycles. The Bertz CT molecular complexity index is 2580. The zero-order valence-electron chi connectivity index (χ0n) is 60.6. The van der Waals surface area contributed by atoms with E-state index in [-0.39, 0.29) is 19.3 Å². The van der Waals surface area contributed by atoms with E-state index in [1.54, 1.807) is 0 Å². The molecule has 0 radical (unpaired) electrons. The Labute approximate surface area is 597 Å². The first-order valence-corrected chi connectivity index (χ1v) is 39.7. The molecule has 18 heteroatoms. The predicted octanol–water partition coefficient (Wildman–Crippen LogP) is 21.2. The summed E-state index contributed by atoms with van der Waals surface area (Å²) in [5.74, 6) is -1.68. The number of allylic oxidation sites excluding steroid dienone is 32. The quantitative estimate of drug-likeness (QED) is 0.0146. The molecular formula is C81H128O16P2. The molecular weight excluding hydrogens is 1290 g/mol. The normalized spacial score (nSPS) is 15.2. The fourth-order valence-electron chi connectivity index (χ4n) is 8.80. The first-order valence-electron chi connectivity index (χ1n) is 36.7. The third-order valence-electron chi connectivity index (χ3n) is 14.3. The molecule has 0 saturated carbocycles. The van der Waals surface area contributed by atoms with Crippen LogP contribution in [0.15, 0.2) is 194 Å². The van der Waals surface area contributed by atoms with Gasteiger partial charge in [-0.25, -0.2) is 9.13 Å². The van der Waals surface area contributed by atoms with Crippen LogP contribution in [0.1, 0.15) is 239 Å². The number of rotatable bonds is 67. The van der Waals surface area contributed by atoms with E-state index in [9.17, 15) is 43.5 Å². The third kappa shape index (κ3) is 73.4. The van der Waals surface area contributed by atoms with Crippen molar-refractivity contribution in [3.05, 3.63) is 194 Å². The molecule has 0 aliphatic heterocycles. The zero-order valence-corrected chi connectivity index (χ0v) is 62.4. The number of carbonyl (C=O) groups is 3. The van der Waals surface area contributed by atoms with Crippen LogP contribution in [0.5, 0.6) is 0 Å². The molecule has 0 aromatic rings. The van der Waals surface area contributed by atoms with E-state index < -0.39 is 91.5 Å². The molecule has 0 aliphatic rings. The number of hydrogen-bond acceptors (Lipinski definition) is 14. The van der Waals surface area contributed by atoms with Gasteiger partial charge in [-0.15, -0.1) is 0 Å². The maximum absolute atomic E-state index is 13.0. The molecule has 0 heterocycles. The smallest absolute Gasteiger partial charge is 0.463 e. The van der Waals surface area contributed by atoms with E-state index in [0.717, 1.165) is 180 Å². The minimum absolute atomic E-state index is 0.0674. The molecule has 0 aliphatic carbocycles. The maximum Gasteiger partial charge on any atom is 0.472 e. The Kier molecular flexibility index (Phi) is 68.1. The van der Waals surface area contributed by atoms with Gasteiger partial charge >= 0.3 is 33.6 Å². The molecule has 0 amide bonds. The number of aliphatic hydroxyl groups excluding tert-OH is 2. The number of hydrogen-bond donors (Lipinski definition) is 4. The summed E-state index contributed by atoms with van der Waals surface area (Å²) in [6.45, 7) is 2.20. The van der Waals surface area contributed by atoms with Crippen molar-refractivity contribution in [2.45, 2.75) is 257 Å². The predicted molar refractivity (Wildman–Crippen MR) is 408 cm³/mol. The van der Waals surface area contributed by atoms with Gasteiger partial charge in [0.2, 0.25) is 0 Å². The van der Waals surface area contributed by atoms with Gasteiger partial charge in [0.15, 0.2) is 6.10 Å². The minimum atomic E-state index is -4.96. The van der Waals surface area contributed by atoms with Gasteiger partial charge in [0.25, 0.3) is 0 Å². The Morgan fingerprint density at radius 3 is 0.818 bits per heavy atom. The van der Waals surface area contributed by atoms with E-state index in [2.05, 4.69) is 215 Å². The molecule has 0 rings (SSSR count). The summed E-state index contributed by atoms with van der Waals surface area (Å²) in [5.41, 5.74) is 0. The molecule has 5 unspecified atom stereocenters. The van der Waals surface area contributed by atoms with Crippen LogP contribution in [-0.4, -0.2) is 95.9 Å². The zero-order chi connectivity index (χ0) is 72.3. The van der Waals surface area contributed by atoms with Crippen molar-refractivity contribution in [2.24, 2.45) is 0 Å². The first kappa shape index (κ1) is 93.4. The minimum Gasteiger partial charge on any atom is -0.463 e. The standard InChI is InChI=1S/C81H128O16P2/c1-4-7-10-13-16-19-22-25-28-31-34-37-40-43-46-49-52-55-58-61-64-67-79(84)91-70-76(82)71-93-98(87,88)94-72-77(83)73-95-99(89,90)96-75-78(97-81(86)69-66-63-60-57-54-51-48-45-42-39-36-33-30-27-24-21-18-15-12-9-6-3)74-92-80(85)68-65-62-59-56-53-50-47-44-41-38-35-32-29-26-23-20-17-14-11-8-5-2/h7-12,16-21,25-30,34-39,43-48,52,55,76-78,82-83H,4-6,13-15,22-24,31-33,40-42,49-51,53-54,56-75H2,1-3H3,(H,87,88)(H,89,90)/b10-7-,11-8-,12-9-,19-16-,20-17-,21-18-,28-25-,29-26-,30-27-,37-34-,38-35-,39-36-,46-43-,47-44-,48-45-,55-52-. The van der Waals surface area contributed by atoms with Crippen LogP contribution in [0.3, 0.4) is 0 Å². The van der Waals surface area contributed by atoms with Gasteiger partial charge in [0.1, 0.15) is 25.4 Å². The number of unbranched alkanes of at least 4 members (excludes halogenated alkanes) is 12. The van der Waals surface area contributed by atoms with Crippen LogP contribution in [-0.2, 0) is 55.8 Å². The monoisotopic (exact) mass is 1420 g/mol. The maximum atomic E-state index is 13.0. The summed E-state index contributed by atoms with van der Waals surface area (Å²) >= 11 is 0. The topological polar surface area (TPSA) is 231 Å². The number of phosphoric acid groups is 2. The second kappa shape index (κ2) is 72.2. The van der Waals surface area contributed by atoms with Gasteiger partial charge in [0.05, 0.1) is 26.4 Å². The van der Waals surface area contributed by atoms with E-state index in [1.807, 2.05) is 0 Å². The van der Waals surface area contributed by atoms with Crippen molar-refractivity contribution in [3.8, 4) is 0 Å². The van der Waals surface area contributed by atoms with Crippen molar-refractivity contribution < 1.29 is 75.8 Å². The first-order chi connectivity index (χ1) is 48.2. The van der Waals surface area contributed by atoms with Gasteiger partial charge in [-0.05, 0) is 161 Å². The van der Waals surface area contributed by atoms with Crippen molar-refractivity contribution in [3.63, 3.8) is 0 Å². The highest BCUT2D eigenvalue weighted by Crippen LogP contribution is 2.45. The van der Waals surface area contributed by atoms with E-state index >= 15 is 0 Å². The molecule has 0 fully saturated rings. The Balaban J connectivity index is 4.84. The fourth-order valence-corrected chi connectivity index (χ4v) is 10.4. The lowest BCUT2D eigenvalue weighted by molar-refractivity contribution is -0.161. The molecule has 99 heavy (non-hydrogen) atoms. The number of phosphoric ester groups is 2. The molecule has 0 bridgehead atoms. The second-order valence-corrected chi connectivity index (χ2v) is 26.5. The summed E-state index contributed by atoms with van der Waals surface area (Å²) in [6, 6.07) is 0. The van der Waals surface area contributed by atoms with Gasteiger partial charge < -0.3 is 34.2 Å². The van der Waals surface area contributed by atoms with Crippen molar-refractivity contribution in [1.82, 2.24) is 0 Å². The van der Waals surface area contributed by atoms with E-state index in [0.29, 0.717) is 19.3 Å². The molecule has 4 N–H and O–H groups in total. The average Bonchev–Trinajstić information content (AvgIpc) is 1.82. The van der Waals surface area contributed by atoms with Crippen LogP contribution in [0.4, 0.5) is 0 Å². The van der Waals surface area contributed by atoms with Gasteiger partial charge in [0, 0.05) is 19.3 Å². The summed E-state index contributed by atoms with van der Waals surface area (Å²) in [6.07, 6.45) is 93.2. The van der Waals surface area contributed by atoms with Crippen LogP contribution in [0, 0.1) is 0 Å². The molecule has 0 spiro atoms. The Hall–Kier alpha value is -5.61. The second-order valence-electron chi connectivity index (χ2n) is 23.6. The lowest BCUT2D eigenvalue weighted by atomic mass is 10.1. The van der Waals surface area contributed by atoms with Gasteiger partial charge in [-0.3, -0.25) is 32.5 Å². The van der Waals surface area contributed by atoms with Crippen LogP contribution < -0.4 is 0 Å². The van der Waals surface area contributed by atoms with E-state index in [4.69, 9.17) is 32.3 Å². The van der Waals surface area contributed by atoms with Crippen LogP contribution in [0.25, 0.3) is 0 Å². The summed E-state index contributed by atoms with van der Waals surface area (Å²) < 4.78 is 61.0. The highest BCUT2D eigenvalue weighted by molar-refractivity contribution is 7.47. The number of esters is 3.